The van der Waals surface area contributed by atoms with E-state index in [9.17, 15) is 40.9 Å². The highest BCUT2D eigenvalue weighted by Gasteiger charge is 2.52. The Hall–Kier alpha value is -0.560. The molecule has 194 valence electrons. The minimum absolute atomic E-state index is 0.690. The average Bonchev–Trinajstić information content (AvgIpc) is 2.79. The number of hydrogen-bond donors (Lipinski definition) is 8. The van der Waals surface area contributed by atoms with E-state index in [1.54, 1.807) is 0 Å². The van der Waals surface area contributed by atoms with Gasteiger partial charge in [-0.2, -0.15) is 0 Å². The predicted octanol–water partition coefficient (Wildman–Crippen LogP) is -4.86. The number of aliphatic hydroxyl groups excluding tert-OH is 8. The van der Waals surface area contributed by atoms with E-state index in [0.29, 0.717) is 0 Å². The van der Waals surface area contributed by atoms with E-state index >= 15 is 0 Å². The van der Waals surface area contributed by atoms with Crippen LogP contribution in [-0.2, 0) is 28.4 Å². The summed E-state index contributed by atoms with van der Waals surface area (Å²) in [6.45, 7) is 2.30. The molecular formula is C19H34O14. The minimum atomic E-state index is -1.76. The van der Waals surface area contributed by atoms with Gasteiger partial charge >= 0.3 is 0 Å². The molecule has 3 fully saturated rings. The van der Waals surface area contributed by atoms with Crippen molar-refractivity contribution in [1.29, 1.82) is 0 Å². The average molecular weight is 486 g/mol. The summed E-state index contributed by atoms with van der Waals surface area (Å²) < 4.78 is 32.6. The van der Waals surface area contributed by atoms with Crippen LogP contribution >= 0.6 is 0 Å². The predicted molar refractivity (Wildman–Crippen MR) is 103 cm³/mol. The molecule has 3 heterocycles. The maximum Gasteiger partial charge on any atom is 0.187 e. The van der Waals surface area contributed by atoms with Gasteiger partial charge in [-0.25, -0.2) is 0 Å². The van der Waals surface area contributed by atoms with Crippen molar-refractivity contribution in [3.63, 3.8) is 0 Å². The van der Waals surface area contributed by atoms with E-state index < -0.39 is 98.7 Å². The number of hydrogen-bond acceptors (Lipinski definition) is 14. The van der Waals surface area contributed by atoms with Crippen LogP contribution in [0.3, 0.4) is 0 Å². The second-order valence-electron chi connectivity index (χ2n) is 8.52. The lowest BCUT2D eigenvalue weighted by Crippen LogP contribution is -2.65. The van der Waals surface area contributed by atoms with Crippen molar-refractivity contribution in [2.45, 2.75) is 106 Å². The van der Waals surface area contributed by atoms with Crippen LogP contribution < -0.4 is 0 Å². The van der Waals surface area contributed by atoms with Crippen molar-refractivity contribution in [1.82, 2.24) is 0 Å². The fourth-order valence-corrected chi connectivity index (χ4v) is 4.10. The Balaban J connectivity index is 1.75. The highest BCUT2D eigenvalue weighted by molar-refractivity contribution is 4.95. The molecule has 33 heavy (non-hydrogen) atoms. The monoisotopic (exact) mass is 486 g/mol. The summed E-state index contributed by atoms with van der Waals surface area (Å²) in [5.74, 6) is 0. The molecule has 3 aliphatic rings. The highest BCUT2D eigenvalue weighted by atomic mass is 16.8. The third-order valence-corrected chi connectivity index (χ3v) is 6.23. The van der Waals surface area contributed by atoms with Gasteiger partial charge in [-0.1, -0.05) is 0 Å². The van der Waals surface area contributed by atoms with E-state index in [-0.39, 0.29) is 0 Å². The van der Waals surface area contributed by atoms with Gasteiger partial charge in [-0.05, 0) is 13.8 Å². The Morgan fingerprint density at radius 2 is 1.12 bits per heavy atom. The van der Waals surface area contributed by atoms with Crippen LogP contribution in [-0.4, -0.2) is 147 Å². The third kappa shape index (κ3) is 5.34. The molecule has 15 atom stereocenters. The van der Waals surface area contributed by atoms with Crippen molar-refractivity contribution < 1.29 is 69.3 Å². The van der Waals surface area contributed by atoms with Gasteiger partial charge in [0.15, 0.2) is 18.9 Å². The Bertz CT molecular complexity index is 621. The van der Waals surface area contributed by atoms with Crippen molar-refractivity contribution in [3.8, 4) is 0 Å². The van der Waals surface area contributed by atoms with Gasteiger partial charge in [0, 0.05) is 7.11 Å². The molecule has 3 saturated heterocycles. The van der Waals surface area contributed by atoms with E-state index in [1.807, 2.05) is 0 Å². The summed E-state index contributed by atoms with van der Waals surface area (Å²) in [6, 6.07) is 0. The number of rotatable bonds is 6. The molecule has 0 aromatic carbocycles. The van der Waals surface area contributed by atoms with E-state index in [0.717, 1.165) is 0 Å². The van der Waals surface area contributed by atoms with Gasteiger partial charge in [-0.15, -0.1) is 0 Å². The molecule has 0 amide bonds. The van der Waals surface area contributed by atoms with Gasteiger partial charge in [0.1, 0.15) is 61.0 Å². The smallest absolute Gasteiger partial charge is 0.187 e. The zero-order chi connectivity index (χ0) is 24.6. The summed E-state index contributed by atoms with van der Waals surface area (Å²) in [7, 11) is 1.30. The molecule has 8 N–H and O–H groups in total. The molecule has 0 bridgehead atoms. The van der Waals surface area contributed by atoms with Crippen LogP contribution in [0.2, 0.25) is 0 Å². The van der Waals surface area contributed by atoms with Crippen LogP contribution in [0, 0.1) is 0 Å². The van der Waals surface area contributed by atoms with Crippen molar-refractivity contribution >= 4 is 0 Å². The van der Waals surface area contributed by atoms with Gasteiger partial charge in [0.25, 0.3) is 0 Å². The summed E-state index contributed by atoms with van der Waals surface area (Å²) in [5, 5.41) is 81.3. The van der Waals surface area contributed by atoms with Crippen molar-refractivity contribution in [3.05, 3.63) is 0 Å². The molecule has 0 saturated carbocycles. The minimum Gasteiger partial charge on any atom is -0.394 e. The number of ether oxygens (including phenoxy) is 6. The Labute approximate surface area is 189 Å². The molecule has 3 aliphatic heterocycles. The number of methoxy groups -OCH3 is 1. The molecule has 0 spiro atoms. The Morgan fingerprint density at radius 1 is 0.576 bits per heavy atom. The highest BCUT2D eigenvalue weighted by Crippen LogP contribution is 2.32. The van der Waals surface area contributed by atoms with Gasteiger partial charge in [0.05, 0.1) is 18.8 Å². The normalized spacial score (nSPS) is 53.7. The largest absolute Gasteiger partial charge is 0.394 e. The first-order valence-electron chi connectivity index (χ1n) is 10.7. The van der Waals surface area contributed by atoms with Crippen LogP contribution in [0.1, 0.15) is 13.8 Å². The van der Waals surface area contributed by atoms with E-state index in [4.69, 9.17) is 28.4 Å². The second kappa shape index (κ2) is 11.0. The first-order chi connectivity index (χ1) is 15.5. The molecule has 0 aromatic rings. The lowest BCUT2D eigenvalue weighted by atomic mass is 9.96. The molecule has 0 radical (unpaired) electrons. The summed E-state index contributed by atoms with van der Waals surface area (Å²) in [5.41, 5.74) is 0. The van der Waals surface area contributed by atoms with Crippen molar-refractivity contribution in [2.24, 2.45) is 0 Å². The van der Waals surface area contributed by atoms with Crippen LogP contribution in [0.25, 0.3) is 0 Å². The first kappa shape index (κ1) is 27.0. The van der Waals surface area contributed by atoms with Gasteiger partial charge < -0.3 is 69.3 Å². The second-order valence-corrected chi connectivity index (χ2v) is 8.52. The molecule has 0 aromatic heterocycles. The molecule has 3 rings (SSSR count). The quantitative estimate of drug-likeness (QED) is 0.177. The number of aliphatic hydroxyl groups is 8. The Morgan fingerprint density at radius 3 is 1.73 bits per heavy atom. The molecule has 14 heteroatoms. The maximum absolute atomic E-state index is 10.8. The van der Waals surface area contributed by atoms with Gasteiger partial charge in [0.2, 0.25) is 0 Å². The van der Waals surface area contributed by atoms with Crippen molar-refractivity contribution in [2.75, 3.05) is 13.7 Å². The van der Waals surface area contributed by atoms with Crippen LogP contribution in [0.15, 0.2) is 0 Å². The third-order valence-electron chi connectivity index (χ3n) is 6.23. The van der Waals surface area contributed by atoms with Gasteiger partial charge in [-0.3, -0.25) is 0 Å². The molecule has 0 aliphatic carbocycles. The maximum atomic E-state index is 10.8. The van der Waals surface area contributed by atoms with E-state index in [2.05, 4.69) is 0 Å². The van der Waals surface area contributed by atoms with Crippen LogP contribution in [0.5, 0.6) is 0 Å². The standard InChI is InChI=1S/C19H34O14/c1-5-8(21)12(25)16(19(28-3)30-5)33-18-14(27)15(9(22)6(2)29-18)32-17-13(26)11(24)10(23)7(4-20)31-17/h5-27H,4H2,1-3H3/t5-,6+,7+,8+,9-,10-,11+,12+,13-,14-,15+,16-,17+,18+,19-/m1/s1. The first-order valence-corrected chi connectivity index (χ1v) is 10.7. The summed E-state index contributed by atoms with van der Waals surface area (Å²) >= 11 is 0. The Kier molecular flexibility index (Phi) is 9.02. The zero-order valence-electron chi connectivity index (χ0n) is 18.4. The van der Waals surface area contributed by atoms with E-state index in [1.165, 1.54) is 21.0 Å². The molecule has 14 nitrogen and oxygen atoms in total. The SMILES string of the molecule is CO[C@@H]1O[C@H](C)[C@H](O)[C@H](O)[C@H]1O[C@@H]1O[C@@H](C)[C@@H](O)[C@H](O[C@@H]2O[C@@H](CO)[C@@H](O)[C@H](O)[C@H]2O)[C@H]1O. The topological polar surface area (TPSA) is 217 Å². The molecule has 0 unspecified atom stereocenters. The lowest BCUT2D eigenvalue weighted by molar-refractivity contribution is -0.380. The zero-order valence-corrected chi connectivity index (χ0v) is 18.4. The fraction of sp³-hybridized carbons (Fsp3) is 1.00. The lowest BCUT2D eigenvalue weighted by Gasteiger charge is -2.47. The summed E-state index contributed by atoms with van der Waals surface area (Å²) in [6.07, 6.45) is -21.0. The fourth-order valence-electron chi connectivity index (χ4n) is 4.10. The van der Waals surface area contributed by atoms with Crippen LogP contribution in [0.4, 0.5) is 0 Å². The summed E-state index contributed by atoms with van der Waals surface area (Å²) in [4.78, 5) is 0. The molecular weight excluding hydrogens is 452 g/mol.